The van der Waals surface area contributed by atoms with E-state index in [2.05, 4.69) is 30.2 Å². The van der Waals surface area contributed by atoms with Gasteiger partial charge in [0, 0.05) is 45.4 Å². The van der Waals surface area contributed by atoms with Gasteiger partial charge in [-0.25, -0.2) is 24.3 Å². The molecule has 3 aromatic rings. The molecule has 0 bridgehead atoms. The van der Waals surface area contributed by atoms with Crippen molar-refractivity contribution in [1.82, 2.24) is 34.3 Å². The average molecular weight is 481 g/mol. The van der Waals surface area contributed by atoms with Gasteiger partial charge < -0.3 is 24.4 Å². The minimum Gasteiger partial charge on any atom is -0.381 e. The van der Waals surface area contributed by atoms with Gasteiger partial charge in [0.25, 0.3) is 5.91 Å². The van der Waals surface area contributed by atoms with Crippen LogP contribution in [0.1, 0.15) is 35.2 Å². The zero-order valence-corrected chi connectivity index (χ0v) is 19.9. The summed E-state index contributed by atoms with van der Waals surface area (Å²) in [6.07, 6.45) is 6.05. The number of imidazole rings is 1. The lowest BCUT2D eigenvalue weighted by molar-refractivity contribution is 0.0658. The largest absolute Gasteiger partial charge is 0.381 e. The van der Waals surface area contributed by atoms with Crippen molar-refractivity contribution in [2.45, 2.75) is 25.8 Å². The van der Waals surface area contributed by atoms with E-state index in [4.69, 9.17) is 4.74 Å². The first-order chi connectivity index (χ1) is 17.0. The Morgan fingerprint density at radius 3 is 2.54 bits per heavy atom. The van der Waals surface area contributed by atoms with Gasteiger partial charge in [-0.3, -0.25) is 4.79 Å². The van der Waals surface area contributed by atoms with Gasteiger partial charge in [-0.15, -0.1) is 0 Å². The number of nitrogens with one attached hydrogen (secondary N) is 1. The average Bonchev–Trinajstić information content (AvgIpc) is 3.27. The van der Waals surface area contributed by atoms with E-state index in [1.165, 1.54) is 0 Å². The summed E-state index contributed by atoms with van der Waals surface area (Å²) in [6.45, 7) is 6.32. The number of aromatic nitrogens is 5. The smallest absolute Gasteiger partial charge is 0.272 e. The Kier molecular flexibility index (Phi) is 6.69. The summed E-state index contributed by atoms with van der Waals surface area (Å²) in [5.41, 5.74) is 1.79. The van der Waals surface area contributed by atoms with Gasteiger partial charge >= 0.3 is 0 Å². The van der Waals surface area contributed by atoms with Crippen LogP contribution in [0, 0.1) is 12.7 Å². The fourth-order valence-corrected chi connectivity index (χ4v) is 4.53. The SMILES string of the molecule is Cc1ncc(-c2nc(Nc3ccc(C(=O)N4CCN(C)CC4)nc3)ncc2F)n1C1CCOCC1. The summed E-state index contributed by atoms with van der Waals surface area (Å²) >= 11 is 0. The second kappa shape index (κ2) is 10.0. The van der Waals surface area contributed by atoms with Crippen LogP contribution in [0.25, 0.3) is 11.4 Å². The Morgan fingerprint density at radius 2 is 1.83 bits per heavy atom. The molecule has 3 aromatic heterocycles. The van der Waals surface area contributed by atoms with Crippen molar-refractivity contribution in [2.24, 2.45) is 0 Å². The van der Waals surface area contributed by atoms with Crippen LogP contribution in [0.2, 0.25) is 0 Å². The molecule has 0 aromatic carbocycles. The first-order valence-corrected chi connectivity index (χ1v) is 11.8. The molecule has 0 atom stereocenters. The second-order valence-corrected chi connectivity index (χ2v) is 8.95. The molecule has 0 aliphatic carbocycles. The number of amides is 1. The number of rotatable bonds is 5. The highest BCUT2D eigenvalue weighted by atomic mass is 19.1. The van der Waals surface area contributed by atoms with Crippen molar-refractivity contribution in [3.8, 4) is 11.4 Å². The van der Waals surface area contributed by atoms with E-state index in [9.17, 15) is 9.18 Å². The second-order valence-electron chi connectivity index (χ2n) is 8.95. The maximum absolute atomic E-state index is 14.8. The number of nitrogens with zero attached hydrogens (tertiary/aromatic N) is 7. The molecule has 10 nitrogen and oxygen atoms in total. The lowest BCUT2D eigenvalue weighted by atomic mass is 10.1. The predicted molar refractivity (Wildman–Crippen MR) is 128 cm³/mol. The summed E-state index contributed by atoms with van der Waals surface area (Å²) < 4.78 is 22.3. The van der Waals surface area contributed by atoms with E-state index in [0.717, 1.165) is 38.0 Å². The minimum absolute atomic E-state index is 0.0817. The molecule has 1 N–H and O–H groups in total. The maximum Gasteiger partial charge on any atom is 0.272 e. The molecule has 0 saturated carbocycles. The molecule has 2 saturated heterocycles. The molecule has 35 heavy (non-hydrogen) atoms. The Bertz CT molecular complexity index is 1180. The number of carbonyl (C=O) groups excluding carboxylic acids is 1. The fourth-order valence-electron chi connectivity index (χ4n) is 4.53. The molecule has 11 heteroatoms. The lowest BCUT2D eigenvalue weighted by Gasteiger charge is -2.32. The topological polar surface area (TPSA) is 101 Å². The van der Waals surface area contributed by atoms with Crippen LogP contribution in [-0.4, -0.2) is 86.7 Å². The number of halogens is 1. The zero-order chi connectivity index (χ0) is 24.4. The van der Waals surface area contributed by atoms with Gasteiger partial charge in [0.15, 0.2) is 5.82 Å². The Hall–Kier alpha value is -3.44. The zero-order valence-electron chi connectivity index (χ0n) is 19.9. The Labute approximate surface area is 203 Å². The normalized spacial score (nSPS) is 17.5. The van der Waals surface area contributed by atoms with Crippen molar-refractivity contribution >= 4 is 17.5 Å². The number of hydrogen-bond donors (Lipinski definition) is 1. The molecule has 0 spiro atoms. The third-order valence-corrected chi connectivity index (χ3v) is 6.55. The standard InChI is InChI=1S/C24H29FN8O2/c1-16-26-15-21(33(16)18-5-11-35-12-6-18)22-19(25)14-28-24(30-22)29-17-3-4-20(27-13-17)23(34)32-9-7-31(2)8-10-32/h3-4,13-15,18H,5-12H2,1-2H3,(H,28,29,30). The van der Waals surface area contributed by atoms with Crippen LogP contribution in [0.4, 0.5) is 16.0 Å². The summed E-state index contributed by atoms with van der Waals surface area (Å²) in [7, 11) is 2.05. The van der Waals surface area contributed by atoms with Gasteiger partial charge in [0.2, 0.25) is 5.95 Å². The van der Waals surface area contributed by atoms with Gasteiger partial charge in [-0.2, -0.15) is 0 Å². The number of ether oxygens (including phenoxy) is 1. The van der Waals surface area contributed by atoms with Crippen LogP contribution in [0.3, 0.4) is 0 Å². The highest BCUT2D eigenvalue weighted by Gasteiger charge is 2.24. The molecule has 184 valence electrons. The van der Waals surface area contributed by atoms with E-state index >= 15 is 0 Å². The summed E-state index contributed by atoms with van der Waals surface area (Å²) in [4.78, 5) is 34.0. The Morgan fingerprint density at radius 1 is 1.06 bits per heavy atom. The monoisotopic (exact) mass is 480 g/mol. The molecule has 2 fully saturated rings. The summed E-state index contributed by atoms with van der Waals surface area (Å²) in [6, 6.07) is 3.61. The highest BCUT2D eigenvalue weighted by molar-refractivity contribution is 5.92. The molecule has 2 aliphatic heterocycles. The molecule has 5 rings (SSSR count). The molecule has 1 amide bonds. The number of anilines is 2. The Balaban J connectivity index is 1.33. The van der Waals surface area contributed by atoms with Gasteiger partial charge in [-0.1, -0.05) is 0 Å². The van der Waals surface area contributed by atoms with E-state index < -0.39 is 5.82 Å². The highest BCUT2D eigenvalue weighted by Crippen LogP contribution is 2.31. The first-order valence-electron chi connectivity index (χ1n) is 11.8. The molecule has 5 heterocycles. The van der Waals surface area contributed by atoms with Crippen molar-refractivity contribution in [3.63, 3.8) is 0 Å². The van der Waals surface area contributed by atoms with Crippen LogP contribution in [-0.2, 0) is 4.74 Å². The van der Waals surface area contributed by atoms with E-state index in [-0.39, 0.29) is 23.6 Å². The molecule has 0 unspecified atom stereocenters. The maximum atomic E-state index is 14.8. The fraction of sp³-hybridized carbons (Fsp3) is 0.458. The number of likely N-dealkylation sites (N-methyl/N-ethyl adjacent to an activating group) is 1. The molecule has 0 radical (unpaired) electrons. The van der Waals surface area contributed by atoms with Crippen molar-refractivity contribution in [3.05, 3.63) is 48.1 Å². The van der Waals surface area contributed by atoms with Crippen LogP contribution in [0.5, 0.6) is 0 Å². The van der Waals surface area contributed by atoms with Gasteiger partial charge in [0.05, 0.1) is 30.0 Å². The third kappa shape index (κ3) is 5.01. The van der Waals surface area contributed by atoms with Crippen molar-refractivity contribution in [2.75, 3.05) is 51.8 Å². The predicted octanol–water partition coefficient (Wildman–Crippen LogP) is 2.67. The van der Waals surface area contributed by atoms with Crippen LogP contribution in [0.15, 0.2) is 30.7 Å². The van der Waals surface area contributed by atoms with Gasteiger partial charge in [0.1, 0.15) is 17.2 Å². The lowest BCUT2D eigenvalue weighted by Crippen LogP contribution is -2.47. The van der Waals surface area contributed by atoms with E-state index in [1.807, 2.05) is 23.4 Å². The quantitative estimate of drug-likeness (QED) is 0.595. The number of pyridine rings is 1. The molecular weight excluding hydrogens is 451 g/mol. The summed E-state index contributed by atoms with van der Waals surface area (Å²) in [5.74, 6) is 0.444. The summed E-state index contributed by atoms with van der Waals surface area (Å²) in [5, 5.41) is 3.07. The molecule has 2 aliphatic rings. The number of hydrogen-bond acceptors (Lipinski definition) is 8. The number of aryl methyl sites for hydroxylation is 1. The van der Waals surface area contributed by atoms with E-state index in [0.29, 0.717) is 43.4 Å². The van der Waals surface area contributed by atoms with Crippen LogP contribution >= 0.6 is 0 Å². The number of carbonyl (C=O) groups is 1. The molecular formula is C24H29FN8O2. The van der Waals surface area contributed by atoms with Gasteiger partial charge in [-0.05, 0) is 38.9 Å². The minimum atomic E-state index is -0.519. The van der Waals surface area contributed by atoms with E-state index in [1.54, 1.807) is 24.5 Å². The van der Waals surface area contributed by atoms with Crippen LogP contribution < -0.4 is 5.32 Å². The number of piperazine rings is 1. The first kappa shape index (κ1) is 23.3. The van der Waals surface area contributed by atoms with Crippen molar-refractivity contribution < 1.29 is 13.9 Å². The van der Waals surface area contributed by atoms with Crippen molar-refractivity contribution in [1.29, 1.82) is 0 Å². The third-order valence-electron chi connectivity index (χ3n) is 6.55.